The molecule has 2 aromatic heterocycles. The van der Waals surface area contributed by atoms with E-state index in [4.69, 9.17) is 4.98 Å². The van der Waals surface area contributed by atoms with Crippen molar-refractivity contribution in [1.82, 2.24) is 19.5 Å². The molecule has 8 heteroatoms. The number of anilines is 2. The van der Waals surface area contributed by atoms with Gasteiger partial charge in [0.15, 0.2) is 11.6 Å². The molecule has 0 saturated heterocycles. The molecular formula is C22H20F3N5. The van der Waals surface area contributed by atoms with Crippen LogP contribution in [0.5, 0.6) is 0 Å². The molecule has 0 aliphatic rings. The molecule has 2 heterocycles. The van der Waals surface area contributed by atoms with Gasteiger partial charge in [0.25, 0.3) is 0 Å². The second kappa shape index (κ2) is 8.14. The summed E-state index contributed by atoms with van der Waals surface area (Å²) in [4.78, 5) is 13.6. The summed E-state index contributed by atoms with van der Waals surface area (Å²) >= 11 is 0. The van der Waals surface area contributed by atoms with Crippen molar-refractivity contribution in [2.24, 2.45) is 0 Å². The summed E-state index contributed by atoms with van der Waals surface area (Å²) < 4.78 is 40.3. The van der Waals surface area contributed by atoms with Crippen molar-refractivity contribution < 1.29 is 13.2 Å². The molecule has 0 amide bonds. The lowest BCUT2D eigenvalue weighted by Crippen LogP contribution is -2.06. The van der Waals surface area contributed by atoms with Gasteiger partial charge in [-0.2, -0.15) is 13.2 Å². The third-order valence-corrected chi connectivity index (χ3v) is 4.72. The number of alkyl halides is 3. The topological polar surface area (TPSA) is 55.6 Å². The number of benzene rings is 2. The Morgan fingerprint density at radius 2 is 1.73 bits per heavy atom. The Hall–Kier alpha value is -3.42. The third kappa shape index (κ3) is 4.12. The van der Waals surface area contributed by atoms with Gasteiger partial charge in [-0.05, 0) is 42.8 Å². The normalized spacial score (nSPS) is 11.7. The lowest BCUT2D eigenvalue weighted by atomic mass is 10.2. The van der Waals surface area contributed by atoms with Gasteiger partial charge >= 0.3 is 6.18 Å². The van der Waals surface area contributed by atoms with E-state index in [0.29, 0.717) is 17.3 Å². The second-order valence-corrected chi connectivity index (χ2v) is 6.92. The van der Waals surface area contributed by atoms with Crippen LogP contribution in [0.15, 0.2) is 60.9 Å². The molecule has 0 unspecified atom stereocenters. The first kappa shape index (κ1) is 19.9. The standard InChI is InChI=1S/C22H20F3N5/c1-2-3-8-20-28-17-6-4-5-7-18(17)30(20)21-14-26-13-19(29-21)27-16-11-9-15(10-12-16)22(23,24)25/h4-7,9-14H,2-3,8H2,1H3,(H,27,29). The van der Waals surface area contributed by atoms with E-state index in [1.165, 1.54) is 18.3 Å². The number of unbranched alkanes of at least 4 members (excludes halogenated alkanes) is 1. The number of aromatic nitrogens is 4. The van der Waals surface area contributed by atoms with E-state index < -0.39 is 11.7 Å². The molecule has 5 nitrogen and oxygen atoms in total. The summed E-state index contributed by atoms with van der Waals surface area (Å²) in [7, 11) is 0. The lowest BCUT2D eigenvalue weighted by Gasteiger charge is -2.11. The minimum absolute atomic E-state index is 0.437. The van der Waals surface area contributed by atoms with Crippen molar-refractivity contribution >= 4 is 22.5 Å². The number of halogens is 3. The zero-order valence-electron chi connectivity index (χ0n) is 16.3. The first-order chi connectivity index (χ1) is 14.5. The maximum Gasteiger partial charge on any atom is 0.416 e. The van der Waals surface area contributed by atoms with Crippen LogP contribution in [0, 0.1) is 0 Å². The summed E-state index contributed by atoms with van der Waals surface area (Å²) in [6.45, 7) is 2.13. The number of nitrogens with one attached hydrogen (secondary N) is 1. The average Bonchev–Trinajstić information content (AvgIpc) is 3.10. The van der Waals surface area contributed by atoms with Gasteiger partial charge in [0.2, 0.25) is 0 Å². The fourth-order valence-corrected chi connectivity index (χ4v) is 3.25. The van der Waals surface area contributed by atoms with Crippen LogP contribution < -0.4 is 5.32 Å². The number of imidazole rings is 1. The van der Waals surface area contributed by atoms with Gasteiger partial charge in [0.05, 0.1) is 29.0 Å². The van der Waals surface area contributed by atoms with Gasteiger partial charge in [0, 0.05) is 12.1 Å². The molecule has 0 bridgehead atoms. The predicted octanol–water partition coefficient (Wildman–Crippen LogP) is 5.92. The first-order valence-electron chi connectivity index (χ1n) is 9.69. The van der Waals surface area contributed by atoms with Crippen molar-refractivity contribution in [3.05, 3.63) is 72.3 Å². The molecule has 1 N–H and O–H groups in total. The first-order valence-corrected chi connectivity index (χ1v) is 9.69. The minimum Gasteiger partial charge on any atom is -0.339 e. The molecule has 0 aliphatic heterocycles. The van der Waals surface area contributed by atoms with Crippen LogP contribution >= 0.6 is 0 Å². The summed E-state index contributed by atoms with van der Waals surface area (Å²) in [5.41, 5.74) is 1.62. The van der Waals surface area contributed by atoms with E-state index in [1.54, 1.807) is 6.20 Å². The Bertz CT molecular complexity index is 1150. The average molecular weight is 411 g/mol. The molecule has 154 valence electrons. The monoisotopic (exact) mass is 411 g/mol. The number of para-hydroxylation sites is 2. The lowest BCUT2D eigenvalue weighted by molar-refractivity contribution is -0.137. The predicted molar refractivity (Wildman–Crippen MR) is 110 cm³/mol. The van der Waals surface area contributed by atoms with Crippen molar-refractivity contribution in [3.8, 4) is 5.82 Å². The molecule has 30 heavy (non-hydrogen) atoms. The van der Waals surface area contributed by atoms with Gasteiger partial charge in [0.1, 0.15) is 5.82 Å². The Kier molecular flexibility index (Phi) is 5.39. The van der Waals surface area contributed by atoms with E-state index >= 15 is 0 Å². The summed E-state index contributed by atoms with van der Waals surface area (Å²) in [5, 5.41) is 3.02. The van der Waals surface area contributed by atoms with Crippen molar-refractivity contribution in [3.63, 3.8) is 0 Å². The van der Waals surface area contributed by atoms with E-state index in [-0.39, 0.29) is 0 Å². The van der Waals surface area contributed by atoms with Crippen LogP contribution in [-0.2, 0) is 12.6 Å². The minimum atomic E-state index is -4.37. The zero-order valence-corrected chi connectivity index (χ0v) is 16.3. The Labute approximate surface area is 171 Å². The number of rotatable bonds is 6. The summed E-state index contributed by atoms with van der Waals surface area (Å²) in [5.74, 6) is 1.94. The molecule has 0 aliphatic carbocycles. The number of hydrogen-bond donors (Lipinski definition) is 1. The zero-order chi connectivity index (χ0) is 21.1. The van der Waals surface area contributed by atoms with Crippen molar-refractivity contribution in [1.29, 1.82) is 0 Å². The van der Waals surface area contributed by atoms with Gasteiger partial charge < -0.3 is 5.32 Å². The highest BCUT2D eigenvalue weighted by Gasteiger charge is 2.29. The number of hydrogen-bond acceptors (Lipinski definition) is 4. The summed E-state index contributed by atoms with van der Waals surface area (Å²) in [6, 6.07) is 12.6. The fraction of sp³-hybridized carbons (Fsp3) is 0.227. The van der Waals surface area contributed by atoms with Gasteiger partial charge in [-0.25, -0.2) is 9.97 Å². The second-order valence-electron chi connectivity index (χ2n) is 6.92. The van der Waals surface area contributed by atoms with Gasteiger partial charge in [-0.1, -0.05) is 25.5 Å². The molecule has 4 rings (SSSR count). The maximum atomic E-state index is 12.8. The highest BCUT2D eigenvalue weighted by Crippen LogP contribution is 2.30. The van der Waals surface area contributed by atoms with Crippen molar-refractivity contribution in [2.45, 2.75) is 32.4 Å². The van der Waals surface area contributed by atoms with E-state index in [1.807, 2.05) is 28.8 Å². The van der Waals surface area contributed by atoms with E-state index in [2.05, 4.69) is 22.2 Å². The van der Waals surface area contributed by atoms with E-state index in [0.717, 1.165) is 48.3 Å². The Balaban J connectivity index is 1.67. The number of aryl methyl sites for hydroxylation is 1. The largest absolute Gasteiger partial charge is 0.416 e. The molecular weight excluding hydrogens is 391 g/mol. The van der Waals surface area contributed by atoms with Crippen LogP contribution in [0.2, 0.25) is 0 Å². The number of nitrogens with zero attached hydrogens (tertiary/aromatic N) is 4. The number of fused-ring (bicyclic) bond motifs is 1. The Morgan fingerprint density at radius 1 is 0.967 bits per heavy atom. The maximum absolute atomic E-state index is 12.8. The smallest absolute Gasteiger partial charge is 0.339 e. The van der Waals surface area contributed by atoms with Crippen LogP contribution in [-0.4, -0.2) is 19.5 Å². The van der Waals surface area contributed by atoms with Gasteiger partial charge in [-0.15, -0.1) is 0 Å². The molecule has 2 aromatic carbocycles. The quantitative estimate of drug-likeness (QED) is 0.428. The highest BCUT2D eigenvalue weighted by atomic mass is 19.4. The van der Waals surface area contributed by atoms with Crippen LogP contribution in [0.4, 0.5) is 24.7 Å². The van der Waals surface area contributed by atoms with Crippen LogP contribution in [0.25, 0.3) is 16.9 Å². The molecule has 4 aromatic rings. The molecule has 0 saturated carbocycles. The van der Waals surface area contributed by atoms with Crippen LogP contribution in [0.1, 0.15) is 31.2 Å². The molecule has 0 spiro atoms. The summed E-state index contributed by atoms with van der Waals surface area (Å²) in [6.07, 6.45) is 1.68. The highest BCUT2D eigenvalue weighted by molar-refractivity contribution is 5.78. The van der Waals surface area contributed by atoms with Gasteiger partial charge in [-0.3, -0.25) is 9.55 Å². The van der Waals surface area contributed by atoms with E-state index in [9.17, 15) is 13.2 Å². The SMILES string of the molecule is CCCCc1nc2ccccc2n1-c1cncc(Nc2ccc(C(F)(F)F)cc2)n1. The van der Waals surface area contributed by atoms with Crippen LogP contribution in [0.3, 0.4) is 0 Å². The molecule has 0 fully saturated rings. The van der Waals surface area contributed by atoms with Crippen molar-refractivity contribution in [2.75, 3.05) is 5.32 Å². The fourth-order valence-electron chi connectivity index (χ4n) is 3.25. The molecule has 0 radical (unpaired) electrons. The third-order valence-electron chi connectivity index (χ3n) is 4.72. The Morgan fingerprint density at radius 3 is 2.47 bits per heavy atom. The molecule has 0 atom stereocenters.